The van der Waals surface area contributed by atoms with E-state index in [4.69, 9.17) is 4.74 Å². The quantitative estimate of drug-likeness (QED) is 0.569. The molecular weight excluding hydrogens is 398 g/mol. The number of nitrogens with one attached hydrogen (secondary N) is 1. The molecule has 2 saturated heterocycles. The Morgan fingerprint density at radius 2 is 1.42 bits per heavy atom. The molecule has 2 aliphatic rings. The van der Waals surface area contributed by atoms with Gasteiger partial charge in [0, 0.05) is 37.3 Å². The van der Waals surface area contributed by atoms with E-state index >= 15 is 0 Å². The number of benzene rings is 2. The van der Waals surface area contributed by atoms with Crippen LogP contribution < -0.4 is 15.1 Å². The Morgan fingerprint density at radius 3 is 2.03 bits per heavy atom. The van der Waals surface area contributed by atoms with Gasteiger partial charge in [-0.3, -0.25) is 19.3 Å². The number of carbonyl (C=O) groups is 4. The summed E-state index contributed by atoms with van der Waals surface area (Å²) in [6.45, 7) is 1.68. The number of rotatable bonds is 6. The molecule has 4 rings (SSSR count). The lowest BCUT2D eigenvalue weighted by Gasteiger charge is -2.17. The van der Waals surface area contributed by atoms with E-state index in [9.17, 15) is 19.2 Å². The van der Waals surface area contributed by atoms with Crippen molar-refractivity contribution in [2.24, 2.45) is 0 Å². The molecule has 2 heterocycles. The summed E-state index contributed by atoms with van der Waals surface area (Å²) in [7, 11) is 0. The summed E-state index contributed by atoms with van der Waals surface area (Å²) in [5, 5.41) is 2.71. The first kappa shape index (κ1) is 20.6. The number of hydrogen-bond acceptors (Lipinski definition) is 6. The second-order valence-electron chi connectivity index (χ2n) is 7.54. The normalized spacial score (nSPS) is 16.0. The van der Waals surface area contributed by atoms with Crippen LogP contribution in [0.4, 0.5) is 17.1 Å². The second-order valence-corrected chi connectivity index (χ2v) is 7.54. The molecule has 3 amide bonds. The monoisotopic (exact) mass is 421 g/mol. The molecule has 8 heteroatoms. The number of imide groups is 1. The van der Waals surface area contributed by atoms with Crippen LogP contribution in [0, 0.1) is 0 Å². The third-order valence-corrected chi connectivity index (χ3v) is 5.37. The number of nitrogens with zero attached hydrogens (tertiary/aromatic N) is 2. The van der Waals surface area contributed by atoms with Crippen LogP contribution in [0.1, 0.15) is 36.0 Å². The largest absolute Gasteiger partial charge is 0.452 e. The number of esters is 1. The van der Waals surface area contributed by atoms with Crippen molar-refractivity contribution in [3.05, 3.63) is 54.1 Å². The predicted molar refractivity (Wildman–Crippen MR) is 115 cm³/mol. The van der Waals surface area contributed by atoms with Crippen molar-refractivity contribution in [3.8, 4) is 0 Å². The fourth-order valence-corrected chi connectivity index (χ4v) is 3.75. The zero-order valence-electron chi connectivity index (χ0n) is 17.0. The summed E-state index contributed by atoms with van der Waals surface area (Å²) in [6.07, 6.45) is 2.78. The molecular formula is C23H23N3O5. The highest BCUT2D eigenvalue weighted by atomic mass is 16.5. The summed E-state index contributed by atoms with van der Waals surface area (Å²) >= 11 is 0. The van der Waals surface area contributed by atoms with Gasteiger partial charge in [-0.05, 0) is 61.4 Å². The van der Waals surface area contributed by atoms with Crippen LogP contribution in [-0.4, -0.2) is 43.4 Å². The summed E-state index contributed by atoms with van der Waals surface area (Å²) in [5.74, 6) is -1.62. The Kier molecular flexibility index (Phi) is 5.97. The number of hydrogen-bond donors (Lipinski definition) is 1. The maximum Gasteiger partial charge on any atom is 0.338 e. The van der Waals surface area contributed by atoms with Crippen LogP contribution in [0.25, 0.3) is 0 Å². The van der Waals surface area contributed by atoms with Crippen molar-refractivity contribution in [1.29, 1.82) is 0 Å². The van der Waals surface area contributed by atoms with E-state index in [0.717, 1.165) is 23.7 Å². The highest BCUT2D eigenvalue weighted by Gasteiger charge is 2.30. The first-order chi connectivity index (χ1) is 15.0. The Labute approximate surface area is 179 Å². The van der Waals surface area contributed by atoms with Crippen LogP contribution in [0.5, 0.6) is 0 Å². The minimum Gasteiger partial charge on any atom is -0.452 e. The average Bonchev–Trinajstić information content (AvgIpc) is 3.43. The standard InChI is InChI=1S/C23H23N3O5/c27-20(24-17-5-9-18(10-6-17)25-13-1-2-14-25)15-31-23(30)16-3-7-19(8-4-16)26-21(28)11-12-22(26)29/h3-10H,1-2,11-15H2,(H,24,27). The van der Waals surface area contributed by atoms with Gasteiger partial charge in [0.1, 0.15) is 0 Å². The molecule has 160 valence electrons. The molecule has 0 radical (unpaired) electrons. The lowest BCUT2D eigenvalue weighted by atomic mass is 10.2. The molecule has 0 spiro atoms. The van der Waals surface area contributed by atoms with E-state index in [1.54, 1.807) is 0 Å². The number of anilines is 3. The third-order valence-electron chi connectivity index (χ3n) is 5.37. The molecule has 2 fully saturated rings. The second kappa shape index (κ2) is 8.99. The van der Waals surface area contributed by atoms with E-state index < -0.39 is 18.5 Å². The summed E-state index contributed by atoms with van der Waals surface area (Å²) < 4.78 is 5.07. The fourth-order valence-electron chi connectivity index (χ4n) is 3.75. The zero-order valence-corrected chi connectivity index (χ0v) is 17.0. The van der Waals surface area contributed by atoms with Gasteiger partial charge in [-0.25, -0.2) is 4.79 Å². The number of amides is 3. The van der Waals surface area contributed by atoms with Gasteiger partial charge in [0.15, 0.2) is 6.61 Å². The maximum absolute atomic E-state index is 12.2. The van der Waals surface area contributed by atoms with E-state index in [1.165, 1.54) is 37.1 Å². The van der Waals surface area contributed by atoms with Gasteiger partial charge in [-0.15, -0.1) is 0 Å². The molecule has 0 unspecified atom stereocenters. The first-order valence-corrected chi connectivity index (χ1v) is 10.3. The summed E-state index contributed by atoms with van der Waals surface area (Å²) in [4.78, 5) is 51.3. The minimum absolute atomic E-state index is 0.193. The Morgan fingerprint density at radius 1 is 0.839 bits per heavy atom. The summed E-state index contributed by atoms with van der Waals surface area (Å²) in [5.41, 5.74) is 2.40. The average molecular weight is 421 g/mol. The van der Waals surface area contributed by atoms with Crippen molar-refractivity contribution in [2.45, 2.75) is 25.7 Å². The zero-order chi connectivity index (χ0) is 21.8. The smallest absolute Gasteiger partial charge is 0.338 e. The van der Waals surface area contributed by atoms with E-state index in [0.29, 0.717) is 11.4 Å². The van der Waals surface area contributed by atoms with Gasteiger partial charge < -0.3 is 15.0 Å². The summed E-state index contributed by atoms with van der Waals surface area (Å²) in [6, 6.07) is 13.5. The lowest BCUT2D eigenvalue weighted by Crippen LogP contribution is -2.28. The van der Waals surface area contributed by atoms with E-state index in [2.05, 4.69) is 10.2 Å². The Hall–Kier alpha value is -3.68. The lowest BCUT2D eigenvalue weighted by molar-refractivity contribution is -0.121. The van der Waals surface area contributed by atoms with Crippen molar-refractivity contribution in [3.63, 3.8) is 0 Å². The maximum atomic E-state index is 12.2. The molecule has 0 bridgehead atoms. The molecule has 2 aliphatic heterocycles. The minimum atomic E-state index is -0.662. The molecule has 31 heavy (non-hydrogen) atoms. The third kappa shape index (κ3) is 4.74. The van der Waals surface area contributed by atoms with E-state index in [1.807, 2.05) is 24.3 Å². The first-order valence-electron chi connectivity index (χ1n) is 10.3. The highest BCUT2D eigenvalue weighted by molar-refractivity contribution is 6.19. The molecule has 0 atom stereocenters. The van der Waals surface area contributed by atoms with Crippen LogP contribution >= 0.6 is 0 Å². The number of carbonyl (C=O) groups excluding carboxylic acids is 4. The highest BCUT2D eigenvalue weighted by Crippen LogP contribution is 2.23. The van der Waals surface area contributed by atoms with Gasteiger partial charge in [0.25, 0.3) is 5.91 Å². The molecule has 0 aliphatic carbocycles. The van der Waals surface area contributed by atoms with Crippen LogP contribution in [0.3, 0.4) is 0 Å². The van der Waals surface area contributed by atoms with Gasteiger partial charge in [-0.2, -0.15) is 0 Å². The Balaban J connectivity index is 1.27. The molecule has 1 N–H and O–H groups in total. The van der Waals surface area contributed by atoms with Crippen LogP contribution in [-0.2, 0) is 19.1 Å². The van der Waals surface area contributed by atoms with Crippen LogP contribution in [0.15, 0.2) is 48.5 Å². The van der Waals surface area contributed by atoms with Gasteiger partial charge in [-0.1, -0.05) is 0 Å². The fraction of sp³-hybridized carbons (Fsp3) is 0.304. The van der Waals surface area contributed by atoms with Crippen molar-refractivity contribution in [1.82, 2.24) is 0 Å². The SMILES string of the molecule is O=C(COC(=O)c1ccc(N2C(=O)CCC2=O)cc1)Nc1ccc(N2CCCC2)cc1. The Bertz CT molecular complexity index is 979. The van der Waals surface area contributed by atoms with Crippen molar-refractivity contribution < 1.29 is 23.9 Å². The van der Waals surface area contributed by atoms with Crippen LogP contribution in [0.2, 0.25) is 0 Å². The number of ether oxygens (including phenoxy) is 1. The predicted octanol–water partition coefficient (Wildman–Crippen LogP) is 2.74. The van der Waals surface area contributed by atoms with Gasteiger partial charge >= 0.3 is 5.97 Å². The van der Waals surface area contributed by atoms with Gasteiger partial charge in [0.05, 0.1) is 11.3 Å². The topological polar surface area (TPSA) is 96.0 Å². The van der Waals surface area contributed by atoms with Crippen molar-refractivity contribution >= 4 is 40.8 Å². The molecule has 2 aromatic rings. The molecule has 0 saturated carbocycles. The van der Waals surface area contributed by atoms with E-state index in [-0.39, 0.29) is 30.2 Å². The molecule has 8 nitrogen and oxygen atoms in total. The van der Waals surface area contributed by atoms with Crippen molar-refractivity contribution in [2.75, 3.05) is 34.8 Å². The molecule has 2 aromatic carbocycles. The molecule has 0 aromatic heterocycles. The van der Waals surface area contributed by atoms with Gasteiger partial charge in [0.2, 0.25) is 11.8 Å².